The summed E-state index contributed by atoms with van der Waals surface area (Å²) in [6.45, 7) is 1.85. The second-order valence-electron chi connectivity index (χ2n) is 9.29. The number of halogens is 3. The number of hydrogen-bond donors (Lipinski definition) is 1. The zero-order valence-corrected chi connectivity index (χ0v) is 25.4. The highest BCUT2D eigenvalue weighted by Gasteiger charge is 2.33. The zero-order valence-electron chi connectivity index (χ0n) is 22.3. The van der Waals surface area contributed by atoms with Gasteiger partial charge in [0.1, 0.15) is 6.04 Å². The third kappa shape index (κ3) is 8.44. The van der Waals surface area contributed by atoms with E-state index in [4.69, 9.17) is 34.8 Å². The average Bonchev–Trinajstić information content (AvgIpc) is 2.92. The van der Waals surface area contributed by atoms with Crippen LogP contribution in [0.4, 0.5) is 0 Å². The first kappa shape index (κ1) is 31.9. The van der Waals surface area contributed by atoms with E-state index in [1.54, 1.807) is 18.2 Å². The summed E-state index contributed by atoms with van der Waals surface area (Å²) in [4.78, 5) is 28.8. The summed E-state index contributed by atoms with van der Waals surface area (Å²) in [5.74, 6) is -0.931. The van der Waals surface area contributed by atoms with Crippen molar-refractivity contribution in [3.05, 3.63) is 99.0 Å². The topological polar surface area (TPSA) is 86.8 Å². The molecule has 0 fully saturated rings. The second kappa shape index (κ2) is 14.8. The van der Waals surface area contributed by atoms with Crippen LogP contribution < -0.4 is 5.32 Å². The van der Waals surface area contributed by atoms with Crippen LogP contribution in [0.3, 0.4) is 0 Å². The summed E-state index contributed by atoms with van der Waals surface area (Å²) in [5.41, 5.74) is 1.30. The van der Waals surface area contributed by atoms with Gasteiger partial charge >= 0.3 is 0 Å². The smallest absolute Gasteiger partial charge is 0.243 e. The van der Waals surface area contributed by atoms with Gasteiger partial charge in [-0.05, 0) is 48.4 Å². The molecule has 0 saturated carbocycles. The maximum atomic E-state index is 13.9. The molecule has 214 valence electrons. The Balaban J connectivity index is 2.00. The van der Waals surface area contributed by atoms with Gasteiger partial charge in [-0.3, -0.25) is 9.59 Å². The zero-order chi connectivity index (χ0) is 29.3. The van der Waals surface area contributed by atoms with Crippen LogP contribution >= 0.6 is 34.8 Å². The van der Waals surface area contributed by atoms with Crippen molar-refractivity contribution in [1.29, 1.82) is 0 Å². The number of nitrogens with zero attached hydrogens (tertiary/aromatic N) is 2. The first-order chi connectivity index (χ1) is 19.0. The monoisotopic (exact) mass is 623 g/mol. The van der Waals surface area contributed by atoms with Gasteiger partial charge in [-0.1, -0.05) is 84.5 Å². The van der Waals surface area contributed by atoms with Crippen molar-refractivity contribution >= 4 is 56.6 Å². The largest absolute Gasteiger partial charge is 0.354 e. The van der Waals surface area contributed by atoms with Crippen molar-refractivity contribution in [2.24, 2.45) is 0 Å². The Hall–Kier alpha value is -2.62. The maximum Gasteiger partial charge on any atom is 0.243 e. The number of nitrogens with one attached hydrogen (secondary N) is 1. The number of unbranched alkanes of at least 4 members (excludes halogenated alkanes) is 1. The number of carbonyl (C=O) groups is 2. The number of benzene rings is 3. The predicted octanol–water partition coefficient (Wildman–Crippen LogP) is 5.82. The molecule has 40 heavy (non-hydrogen) atoms. The SMILES string of the molecule is CCCCNC(=O)C(Cc1ccccc1)N(Cc1c(Cl)cccc1Cl)C(=O)CN(C)S(=O)(=O)c1ccc(Cl)cc1. The fraction of sp³-hybridized carbons (Fsp3) is 0.310. The second-order valence-corrected chi connectivity index (χ2v) is 12.6. The Morgan fingerprint density at radius 3 is 2.12 bits per heavy atom. The summed E-state index contributed by atoms with van der Waals surface area (Å²) in [5, 5.41) is 3.97. The highest BCUT2D eigenvalue weighted by atomic mass is 35.5. The van der Waals surface area contributed by atoms with Gasteiger partial charge in [-0.25, -0.2) is 8.42 Å². The molecule has 2 amide bonds. The summed E-state index contributed by atoms with van der Waals surface area (Å²) < 4.78 is 27.4. The molecule has 1 atom stereocenters. The molecule has 0 radical (unpaired) electrons. The Morgan fingerprint density at radius 2 is 1.52 bits per heavy atom. The Labute approximate surface area is 251 Å². The lowest BCUT2D eigenvalue weighted by Crippen LogP contribution is -2.53. The van der Waals surface area contributed by atoms with E-state index in [1.165, 1.54) is 36.2 Å². The van der Waals surface area contributed by atoms with Crippen molar-refractivity contribution in [1.82, 2.24) is 14.5 Å². The van der Waals surface area contributed by atoms with Crippen molar-refractivity contribution < 1.29 is 18.0 Å². The van der Waals surface area contributed by atoms with Crippen LogP contribution in [-0.4, -0.2) is 55.6 Å². The molecule has 0 spiro atoms. The van der Waals surface area contributed by atoms with Crippen molar-refractivity contribution in [2.75, 3.05) is 20.1 Å². The third-order valence-electron chi connectivity index (χ3n) is 6.37. The van der Waals surface area contributed by atoms with E-state index in [0.717, 1.165) is 22.7 Å². The molecule has 0 aliphatic carbocycles. The van der Waals surface area contributed by atoms with E-state index >= 15 is 0 Å². The number of hydrogen-bond acceptors (Lipinski definition) is 4. The molecule has 1 N–H and O–H groups in total. The lowest BCUT2D eigenvalue weighted by Gasteiger charge is -2.33. The van der Waals surface area contributed by atoms with E-state index in [1.807, 2.05) is 37.3 Å². The molecule has 7 nitrogen and oxygen atoms in total. The molecule has 3 aromatic rings. The summed E-state index contributed by atoms with van der Waals surface area (Å²) in [7, 11) is -2.71. The molecule has 0 aliphatic heterocycles. The quantitative estimate of drug-likeness (QED) is 0.243. The minimum absolute atomic E-state index is 0.00829. The Kier molecular flexibility index (Phi) is 11.8. The van der Waals surface area contributed by atoms with Gasteiger partial charge in [0.2, 0.25) is 21.8 Å². The Bertz CT molecular complexity index is 1380. The van der Waals surface area contributed by atoms with Crippen LogP contribution in [0.2, 0.25) is 15.1 Å². The molecule has 0 bridgehead atoms. The molecular formula is C29H32Cl3N3O4S. The first-order valence-corrected chi connectivity index (χ1v) is 15.4. The van der Waals surface area contributed by atoms with E-state index in [-0.39, 0.29) is 23.8 Å². The van der Waals surface area contributed by atoms with Crippen LogP contribution in [0.25, 0.3) is 0 Å². The maximum absolute atomic E-state index is 13.9. The number of sulfonamides is 1. The highest BCUT2D eigenvalue weighted by Crippen LogP contribution is 2.27. The standard InChI is InChI=1S/C29H32Cl3N3O4S/c1-3-4-17-33-29(37)27(18-21-9-6-5-7-10-21)35(19-24-25(31)11-8-12-26(24)32)28(36)20-34(2)40(38,39)23-15-13-22(30)14-16-23/h5-16,27H,3-4,17-20H2,1-2H3,(H,33,37). The van der Waals surface area contributed by atoms with E-state index in [2.05, 4.69) is 5.32 Å². The molecular weight excluding hydrogens is 593 g/mol. The van der Waals surface area contributed by atoms with Gasteiger partial charge in [0.05, 0.1) is 11.4 Å². The van der Waals surface area contributed by atoms with Crippen LogP contribution in [0.15, 0.2) is 77.7 Å². The molecule has 0 saturated heterocycles. The molecule has 0 aliphatic rings. The van der Waals surface area contributed by atoms with Gasteiger partial charge in [-0.15, -0.1) is 0 Å². The summed E-state index contributed by atoms with van der Waals surface area (Å²) >= 11 is 18.8. The molecule has 3 aromatic carbocycles. The lowest BCUT2D eigenvalue weighted by atomic mass is 10.0. The summed E-state index contributed by atoms with van der Waals surface area (Å²) in [6.07, 6.45) is 1.87. The molecule has 0 heterocycles. The predicted molar refractivity (Wildman–Crippen MR) is 160 cm³/mol. The number of likely N-dealkylation sites (N-methyl/N-ethyl adjacent to an activating group) is 1. The summed E-state index contributed by atoms with van der Waals surface area (Å²) in [6, 6.07) is 19.0. The van der Waals surface area contributed by atoms with Crippen LogP contribution in [0, 0.1) is 0 Å². The van der Waals surface area contributed by atoms with Gasteiger partial charge < -0.3 is 10.2 Å². The van der Waals surface area contributed by atoms with Crippen LogP contribution in [-0.2, 0) is 32.6 Å². The van der Waals surface area contributed by atoms with Crippen molar-refractivity contribution in [2.45, 2.75) is 43.7 Å². The van der Waals surface area contributed by atoms with Crippen molar-refractivity contribution in [3.63, 3.8) is 0 Å². The normalized spacial score (nSPS) is 12.2. The minimum atomic E-state index is -4.02. The third-order valence-corrected chi connectivity index (χ3v) is 9.15. The van der Waals surface area contributed by atoms with Gasteiger partial charge in [0.15, 0.2) is 0 Å². The first-order valence-electron chi connectivity index (χ1n) is 12.8. The average molecular weight is 625 g/mol. The van der Waals surface area contributed by atoms with Gasteiger partial charge in [0, 0.05) is 47.2 Å². The van der Waals surface area contributed by atoms with Crippen LogP contribution in [0.1, 0.15) is 30.9 Å². The molecule has 1 unspecified atom stereocenters. The fourth-order valence-electron chi connectivity index (χ4n) is 4.07. The van der Waals surface area contributed by atoms with Gasteiger partial charge in [0.25, 0.3) is 0 Å². The number of rotatable bonds is 13. The highest BCUT2D eigenvalue weighted by molar-refractivity contribution is 7.89. The van der Waals surface area contributed by atoms with E-state index < -0.39 is 28.5 Å². The van der Waals surface area contributed by atoms with Crippen molar-refractivity contribution in [3.8, 4) is 0 Å². The molecule has 0 aromatic heterocycles. The lowest BCUT2D eigenvalue weighted by molar-refractivity contribution is -0.141. The number of carbonyl (C=O) groups excluding carboxylic acids is 2. The number of amides is 2. The molecule has 11 heteroatoms. The Morgan fingerprint density at radius 1 is 0.900 bits per heavy atom. The minimum Gasteiger partial charge on any atom is -0.354 e. The van der Waals surface area contributed by atoms with Crippen LogP contribution in [0.5, 0.6) is 0 Å². The van der Waals surface area contributed by atoms with E-state index in [0.29, 0.717) is 27.2 Å². The van der Waals surface area contributed by atoms with Gasteiger partial charge in [-0.2, -0.15) is 4.31 Å². The molecule has 3 rings (SSSR count). The fourth-order valence-corrected chi connectivity index (χ4v) is 5.83. The van der Waals surface area contributed by atoms with E-state index in [9.17, 15) is 18.0 Å².